The van der Waals surface area contributed by atoms with Crippen LogP contribution in [-0.4, -0.2) is 12.1 Å². The fraction of sp³-hybridized carbons (Fsp3) is 0.267. The molecule has 0 atom stereocenters. The second kappa shape index (κ2) is 6.59. The van der Waals surface area contributed by atoms with Gasteiger partial charge in [0.2, 0.25) is 0 Å². The molecule has 0 fully saturated rings. The van der Waals surface area contributed by atoms with E-state index in [0.29, 0.717) is 29.7 Å². The first-order valence-electron chi connectivity index (χ1n) is 6.26. The number of nitrogens with two attached hydrogens (primary N) is 1. The van der Waals surface area contributed by atoms with Gasteiger partial charge in [-0.3, -0.25) is 4.98 Å². The topological polar surface area (TPSA) is 57.4 Å². The normalized spacial score (nSPS) is 10.4. The van der Waals surface area contributed by atoms with E-state index >= 15 is 0 Å². The van der Waals surface area contributed by atoms with Gasteiger partial charge in [0.15, 0.2) is 11.5 Å². The fourth-order valence-electron chi connectivity index (χ4n) is 1.92. The average Bonchev–Trinajstić information content (AvgIpc) is 2.45. The van der Waals surface area contributed by atoms with Crippen LogP contribution in [0.1, 0.15) is 17.0 Å². The highest BCUT2D eigenvalue weighted by molar-refractivity contribution is 6.30. The third-order valence-electron chi connectivity index (χ3n) is 2.85. The molecular formula is C15H17ClN2O2. The molecule has 0 saturated carbocycles. The molecule has 0 saturated heterocycles. The Morgan fingerprint density at radius 2 is 2.10 bits per heavy atom. The van der Waals surface area contributed by atoms with Crippen LogP contribution >= 0.6 is 11.6 Å². The molecule has 5 heteroatoms. The summed E-state index contributed by atoms with van der Waals surface area (Å²) in [5, 5.41) is 0.573. The molecule has 1 aromatic heterocycles. The van der Waals surface area contributed by atoms with Gasteiger partial charge in [-0.1, -0.05) is 17.7 Å². The van der Waals surface area contributed by atoms with Crippen LogP contribution in [0.15, 0.2) is 30.3 Å². The van der Waals surface area contributed by atoms with E-state index in [-0.39, 0.29) is 0 Å². The predicted octanol–water partition coefficient (Wildman–Crippen LogP) is 3.09. The number of nitrogens with zero attached hydrogens (tertiary/aromatic N) is 1. The number of benzene rings is 1. The second-order valence-electron chi connectivity index (χ2n) is 4.36. The van der Waals surface area contributed by atoms with Gasteiger partial charge in [0.25, 0.3) is 0 Å². The Kier molecular flexibility index (Phi) is 4.82. The van der Waals surface area contributed by atoms with E-state index in [2.05, 4.69) is 4.98 Å². The van der Waals surface area contributed by atoms with Gasteiger partial charge < -0.3 is 15.2 Å². The number of ether oxygens (including phenoxy) is 2. The maximum atomic E-state index is 6.01. The highest BCUT2D eigenvalue weighted by Crippen LogP contribution is 2.34. The lowest BCUT2D eigenvalue weighted by Gasteiger charge is -2.15. The van der Waals surface area contributed by atoms with Crippen molar-refractivity contribution in [2.45, 2.75) is 20.1 Å². The van der Waals surface area contributed by atoms with E-state index in [0.717, 1.165) is 17.0 Å². The Labute approximate surface area is 123 Å². The quantitative estimate of drug-likeness (QED) is 0.920. The lowest BCUT2D eigenvalue weighted by atomic mass is 10.2. The second-order valence-corrected chi connectivity index (χ2v) is 4.80. The van der Waals surface area contributed by atoms with Crippen molar-refractivity contribution in [3.8, 4) is 11.5 Å². The summed E-state index contributed by atoms with van der Waals surface area (Å²) in [6, 6.07) is 9.29. The molecule has 2 rings (SSSR count). The van der Waals surface area contributed by atoms with Gasteiger partial charge >= 0.3 is 0 Å². The van der Waals surface area contributed by atoms with Crippen LogP contribution in [-0.2, 0) is 13.2 Å². The standard InChI is InChI=1S/C15H17ClN2O2/c1-10-4-3-5-13(18-10)9-20-15-11(8-17)6-12(16)7-14(15)19-2/h3-7H,8-9,17H2,1-2H3. The minimum absolute atomic E-state index is 0.327. The molecule has 0 aliphatic heterocycles. The molecule has 1 heterocycles. The lowest BCUT2D eigenvalue weighted by molar-refractivity contribution is 0.277. The summed E-state index contributed by atoms with van der Waals surface area (Å²) >= 11 is 6.01. The van der Waals surface area contributed by atoms with Gasteiger partial charge in [0.05, 0.1) is 12.8 Å². The van der Waals surface area contributed by atoms with Gasteiger partial charge in [-0.25, -0.2) is 0 Å². The number of rotatable bonds is 5. The molecule has 0 bridgehead atoms. The number of methoxy groups -OCH3 is 1. The van der Waals surface area contributed by atoms with Crippen molar-refractivity contribution in [2.24, 2.45) is 5.73 Å². The van der Waals surface area contributed by atoms with Crippen LogP contribution in [0.2, 0.25) is 5.02 Å². The van der Waals surface area contributed by atoms with Crippen LogP contribution < -0.4 is 15.2 Å². The van der Waals surface area contributed by atoms with Crippen LogP contribution in [0, 0.1) is 6.92 Å². The van der Waals surface area contributed by atoms with Crippen LogP contribution in [0.25, 0.3) is 0 Å². The van der Waals surface area contributed by atoms with Crippen molar-refractivity contribution in [3.05, 3.63) is 52.3 Å². The Hall–Kier alpha value is -1.78. The first-order valence-corrected chi connectivity index (χ1v) is 6.63. The maximum Gasteiger partial charge on any atom is 0.166 e. The van der Waals surface area contributed by atoms with Crippen molar-refractivity contribution >= 4 is 11.6 Å². The van der Waals surface area contributed by atoms with E-state index in [1.807, 2.05) is 25.1 Å². The van der Waals surface area contributed by atoms with Crippen molar-refractivity contribution in [1.29, 1.82) is 0 Å². The molecule has 1 aromatic carbocycles. The zero-order chi connectivity index (χ0) is 14.5. The number of halogens is 1. The zero-order valence-electron chi connectivity index (χ0n) is 11.5. The molecule has 106 valence electrons. The molecule has 0 amide bonds. The first kappa shape index (κ1) is 14.6. The van der Waals surface area contributed by atoms with Crippen molar-refractivity contribution < 1.29 is 9.47 Å². The van der Waals surface area contributed by atoms with Gasteiger partial charge in [-0.2, -0.15) is 0 Å². The number of pyridine rings is 1. The zero-order valence-corrected chi connectivity index (χ0v) is 12.3. The lowest BCUT2D eigenvalue weighted by Crippen LogP contribution is -2.06. The number of aryl methyl sites for hydroxylation is 1. The molecule has 0 radical (unpaired) electrons. The summed E-state index contributed by atoms with van der Waals surface area (Å²) in [6.07, 6.45) is 0. The van der Waals surface area contributed by atoms with Gasteiger partial charge in [0.1, 0.15) is 6.61 Å². The van der Waals surface area contributed by atoms with E-state index in [1.54, 1.807) is 19.2 Å². The Balaban J connectivity index is 2.24. The smallest absolute Gasteiger partial charge is 0.166 e. The highest BCUT2D eigenvalue weighted by atomic mass is 35.5. The number of hydrogen-bond acceptors (Lipinski definition) is 4. The SMILES string of the molecule is COc1cc(Cl)cc(CN)c1OCc1cccc(C)n1. The minimum atomic E-state index is 0.327. The van der Waals surface area contributed by atoms with Gasteiger partial charge in [-0.05, 0) is 25.1 Å². The molecule has 0 aliphatic carbocycles. The van der Waals surface area contributed by atoms with E-state index in [9.17, 15) is 0 Å². The van der Waals surface area contributed by atoms with E-state index in [1.165, 1.54) is 0 Å². The average molecular weight is 293 g/mol. The molecule has 0 unspecified atom stereocenters. The largest absolute Gasteiger partial charge is 0.493 e. The third kappa shape index (κ3) is 3.40. The van der Waals surface area contributed by atoms with Crippen molar-refractivity contribution in [2.75, 3.05) is 7.11 Å². The summed E-state index contributed by atoms with van der Waals surface area (Å²) < 4.78 is 11.1. The summed E-state index contributed by atoms with van der Waals surface area (Å²) in [6.45, 7) is 2.62. The molecule has 4 nitrogen and oxygen atoms in total. The first-order chi connectivity index (χ1) is 9.63. The Morgan fingerprint density at radius 3 is 2.75 bits per heavy atom. The molecule has 0 spiro atoms. The predicted molar refractivity (Wildman–Crippen MR) is 79.2 cm³/mol. The minimum Gasteiger partial charge on any atom is -0.493 e. The summed E-state index contributed by atoms with van der Waals surface area (Å²) in [7, 11) is 1.57. The number of hydrogen-bond donors (Lipinski definition) is 1. The molecule has 0 aliphatic rings. The van der Waals surface area contributed by atoms with Crippen LogP contribution in [0.5, 0.6) is 11.5 Å². The molecule has 2 aromatic rings. The highest BCUT2D eigenvalue weighted by Gasteiger charge is 2.12. The fourth-order valence-corrected chi connectivity index (χ4v) is 2.15. The summed E-state index contributed by atoms with van der Waals surface area (Å²) in [4.78, 5) is 4.39. The van der Waals surface area contributed by atoms with Crippen molar-refractivity contribution in [3.63, 3.8) is 0 Å². The monoisotopic (exact) mass is 292 g/mol. The van der Waals surface area contributed by atoms with E-state index < -0.39 is 0 Å². The van der Waals surface area contributed by atoms with E-state index in [4.69, 9.17) is 26.8 Å². The Morgan fingerprint density at radius 1 is 1.30 bits per heavy atom. The maximum absolute atomic E-state index is 6.01. The third-order valence-corrected chi connectivity index (χ3v) is 3.06. The van der Waals surface area contributed by atoms with Crippen LogP contribution in [0.4, 0.5) is 0 Å². The molecule has 2 N–H and O–H groups in total. The molecular weight excluding hydrogens is 276 g/mol. The summed E-state index contributed by atoms with van der Waals surface area (Å²) in [5.74, 6) is 1.19. The number of aromatic nitrogens is 1. The Bertz CT molecular complexity index is 577. The van der Waals surface area contributed by atoms with Crippen molar-refractivity contribution in [1.82, 2.24) is 4.98 Å². The van der Waals surface area contributed by atoms with Gasteiger partial charge in [0, 0.05) is 28.9 Å². The summed E-state index contributed by atoms with van der Waals surface area (Å²) in [5.41, 5.74) is 8.34. The van der Waals surface area contributed by atoms with Gasteiger partial charge in [-0.15, -0.1) is 0 Å². The molecule has 20 heavy (non-hydrogen) atoms. The van der Waals surface area contributed by atoms with Crippen LogP contribution in [0.3, 0.4) is 0 Å².